The second-order valence-electron chi connectivity index (χ2n) is 15.9. The number of carbonyl (C=O) groups excluding carboxylic acids is 1. The Kier molecular flexibility index (Phi) is 13.5. The monoisotopic (exact) mass is 826 g/mol. The molecule has 6 rings (SSSR count). The first-order chi connectivity index (χ1) is 28.2. The minimum atomic E-state index is -1.70. The molecule has 0 saturated carbocycles. The van der Waals surface area contributed by atoms with Crippen LogP contribution in [0.15, 0.2) is 95.9 Å². The van der Waals surface area contributed by atoms with E-state index in [4.69, 9.17) is 45.1 Å². The number of nitrogen functional groups attached to an aromatic ring is 1. The average molecular weight is 827 g/mol. The summed E-state index contributed by atoms with van der Waals surface area (Å²) in [4.78, 5) is 31.1. The van der Waals surface area contributed by atoms with Crippen LogP contribution in [0.25, 0.3) is 0 Å². The number of esters is 1. The molecule has 3 heterocycles. The zero-order chi connectivity index (χ0) is 42.5. The summed E-state index contributed by atoms with van der Waals surface area (Å²) >= 11 is 0. The lowest BCUT2D eigenvalue weighted by Gasteiger charge is -2.42. The zero-order valence-corrected chi connectivity index (χ0v) is 35.9. The molecule has 0 spiro atoms. The van der Waals surface area contributed by atoms with E-state index >= 15 is 0 Å². The summed E-state index contributed by atoms with van der Waals surface area (Å²) in [5.41, 5.74) is 4.40. The zero-order valence-electron chi connectivity index (χ0n) is 35.0. The Morgan fingerprint density at radius 3 is 2.07 bits per heavy atom. The van der Waals surface area contributed by atoms with Crippen LogP contribution in [0.2, 0.25) is 0 Å². The number of carbonyl (C=O) groups is 1. The van der Waals surface area contributed by atoms with Crippen LogP contribution >= 0.6 is 8.30 Å². The van der Waals surface area contributed by atoms with E-state index in [2.05, 4.69) is 43.3 Å². The fourth-order valence-corrected chi connectivity index (χ4v) is 10.2. The molecule has 2 aliphatic heterocycles. The predicted molar refractivity (Wildman–Crippen MR) is 226 cm³/mol. The minimum absolute atomic E-state index is 0.0173. The molecule has 0 amide bonds. The number of benzene rings is 3. The van der Waals surface area contributed by atoms with Gasteiger partial charge < -0.3 is 38.7 Å². The smallest absolute Gasteiger partial charge is 0.351 e. The van der Waals surface area contributed by atoms with Crippen LogP contribution in [0.4, 0.5) is 5.82 Å². The van der Waals surface area contributed by atoms with Crippen LogP contribution in [0.3, 0.4) is 0 Å². The third-order valence-corrected chi connectivity index (χ3v) is 13.0. The standard InChI is InChI=1S/C45H55N4O9P/c1-10-25-43(6,7)56-38(50)27-59(49(30(2)3)31(4)5)58-40-39-41(48-26-24-37(46)47-42(48)51)57-44(40,28-54-39)29-55-45(32-14-12-11-13-15-32,33-16-20-35(52-8)21-17-33)34-18-22-36(53-9)23-19-34/h1,11-24,26,30-31,39-41H,25,27-29H2,2-9H3,(H2,46,47,51)/t39?,40-,41-,44-,59?/m1/s1. The highest BCUT2D eigenvalue weighted by Crippen LogP contribution is 2.55. The van der Waals surface area contributed by atoms with Crippen molar-refractivity contribution >= 4 is 20.1 Å². The van der Waals surface area contributed by atoms with E-state index in [-0.39, 0.29) is 43.7 Å². The van der Waals surface area contributed by atoms with Gasteiger partial charge in [-0.3, -0.25) is 14.0 Å². The third kappa shape index (κ3) is 9.19. The first kappa shape index (κ1) is 43.8. The highest BCUT2D eigenvalue weighted by atomic mass is 31.2. The van der Waals surface area contributed by atoms with Gasteiger partial charge in [0.25, 0.3) is 0 Å². The average Bonchev–Trinajstić information content (AvgIpc) is 3.69. The van der Waals surface area contributed by atoms with Gasteiger partial charge in [0.05, 0.1) is 27.4 Å². The number of fused-ring (bicyclic) bond motifs is 2. The van der Waals surface area contributed by atoms with Gasteiger partial charge in [-0.05, 0) is 88.6 Å². The molecule has 0 aliphatic carbocycles. The Balaban J connectivity index is 1.48. The number of ether oxygens (including phenoxy) is 6. The molecule has 2 aliphatic rings. The van der Waals surface area contributed by atoms with Gasteiger partial charge in [0.2, 0.25) is 0 Å². The normalized spacial score (nSPS) is 20.8. The molecule has 2 unspecified atom stereocenters. The van der Waals surface area contributed by atoms with Gasteiger partial charge in [0.1, 0.15) is 60.8 Å². The molecule has 0 radical (unpaired) electrons. The summed E-state index contributed by atoms with van der Waals surface area (Å²) in [7, 11) is 1.54. The van der Waals surface area contributed by atoms with Crippen molar-refractivity contribution in [2.75, 3.05) is 39.3 Å². The van der Waals surface area contributed by atoms with Crippen molar-refractivity contribution in [1.82, 2.24) is 14.2 Å². The molecule has 5 atom stereocenters. The van der Waals surface area contributed by atoms with Crippen molar-refractivity contribution in [3.05, 3.63) is 118 Å². The van der Waals surface area contributed by atoms with Crippen molar-refractivity contribution in [1.29, 1.82) is 0 Å². The summed E-state index contributed by atoms with van der Waals surface area (Å²) < 4.78 is 48.7. The van der Waals surface area contributed by atoms with Crippen molar-refractivity contribution in [2.24, 2.45) is 0 Å². The van der Waals surface area contributed by atoms with E-state index in [1.807, 2.05) is 78.9 Å². The van der Waals surface area contributed by atoms with E-state index in [0.717, 1.165) is 16.7 Å². The summed E-state index contributed by atoms with van der Waals surface area (Å²) in [6.45, 7) is 11.8. The number of rotatable bonds is 18. The molecular formula is C45H55N4O9P. The lowest BCUT2D eigenvalue weighted by molar-refractivity contribution is -0.203. The number of aromatic nitrogens is 2. The lowest BCUT2D eigenvalue weighted by atomic mass is 9.79. The summed E-state index contributed by atoms with van der Waals surface area (Å²) in [6, 6.07) is 26.9. The number of methoxy groups -OCH3 is 2. The molecule has 13 nitrogen and oxygen atoms in total. The maximum absolute atomic E-state index is 13.8. The van der Waals surface area contributed by atoms with Gasteiger partial charge in [-0.15, -0.1) is 12.3 Å². The van der Waals surface area contributed by atoms with Gasteiger partial charge in [0, 0.05) is 24.7 Å². The first-order valence-corrected chi connectivity index (χ1v) is 21.1. The summed E-state index contributed by atoms with van der Waals surface area (Å²) in [5, 5.41) is 0. The summed E-state index contributed by atoms with van der Waals surface area (Å²) in [5.74, 6) is 3.59. The van der Waals surface area contributed by atoms with Gasteiger partial charge in [-0.1, -0.05) is 54.6 Å². The maximum Gasteiger partial charge on any atom is 0.351 e. The Bertz CT molecular complexity index is 2080. The Morgan fingerprint density at radius 1 is 0.966 bits per heavy atom. The molecule has 314 valence electrons. The predicted octanol–water partition coefficient (Wildman–Crippen LogP) is 6.68. The van der Waals surface area contributed by atoms with Crippen molar-refractivity contribution in [2.45, 2.75) is 95.3 Å². The van der Waals surface area contributed by atoms with Gasteiger partial charge in [-0.25, -0.2) is 4.79 Å². The molecule has 3 aromatic carbocycles. The van der Waals surface area contributed by atoms with E-state index in [0.29, 0.717) is 11.5 Å². The maximum atomic E-state index is 13.8. The van der Waals surface area contributed by atoms with Crippen molar-refractivity contribution < 1.29 is 37.7 Å². The van der Waals surface area contributed by atoms with Crippen LogP contribution in [0.5, 0.6) is 11.5 Å². The Morgan fingerprint density at radius 2 is 1.54 bits per heavy atom. The number of hydrogen-bond acceptors (Lipinski definition) is 12. The van der Waals surface area contributed by atoms with Crippen LogP contribution in [-0.4, -0.2) is 89.3 Å². The number of terminal acetylenes is 1. The molecule has 2 N–H and O–H groups in total. The number of nitrogens with two attached hydrogens (primary N) is 1. The molecule has 2 fully saturated rings. The van der Waals surface area contributed by atoms with Crippen LogP contribution < -0.4 is 20.9 Å². The molecule has 14 heteroatoms. The molecule has 4 aromatic rings. The molecule has 1 aromatic heterocycles. The first-order valence-electron chi connectivity index (χ1n) is 19.7. The van der Waals surface area contributed by atoms with Crippen LogP contribution in [0.1, 0.15) is 70.9 Å². The highest BCUT2D eigenvalue weighted by Gasteiger charge is 2.65. The van der Waals surface area contributed by atoms with E-state index in [1.165, 1.54) is 16.8 Å². The molecule has 2 saturated heterocycles. The number of anilines is 1. The number of hydrogen-bond donors (Lipinski definition) is 1. The van der Waals surface area contributed by atoms with E-state index < -0.39 is 55.2 Å². The summed E-state index contributed by atoms with van der Waals surface area (Å²) in [6.07, 6.45) is 4.75. The topological polar surface area (TPSA) is 146 Å². The number of nitrogens with zero attached hydrogens (tertiary/aromatic N) is 3. The van der Waals surface area contributed by atoms with Crippen molar-refractivity contribution in [3.63, 3.8) is 0 Å². The fourth-order valence-electron chi connectivity index (χ4n) is 7.95. The minimum Gasteiger partial charge on any atom is -0.497 e. The van der Waals surface area contributed by atoms with Gasteiger partial charge in [0.15, 0.2) is 6.23 Å². The third-order valence-electron chi connectivity index (χ3n) is 10.5. The Hall–Kier alpha value is -4.80. The van der Waals surface area contributed by atoms with E-state index in [9.17, 15) is 9.59 Å². The second-order valence-corrected chi connectivity index (χ2v) is 17.6. The second kappa shape index (κ2) is 18.2. The SMILES string of the molecule is C#CCC(C)(C)OC(=O)CP(O[C@@H]1C2OC[C@]1(COC(c1ccccc1)(c1ccc(OC)cc1)c1ccc(OC)cc1)O[C@H]2n1ccc(N)nc1=O)N(C(C)C)C(C)C. The van der Waals surface area contributed by atoms with Gasteiger partial charge >= 0.3 is 11.7 Å². The molecule has 59 heavy (non-hydrogen) atoms. The highest BCUT2D eigenvalue weighted by molar-refractivity contribution is 7.51. The quantitative estimate of drug-likeness (QED) is 0.0495. The van der Waals surface area contributed by atoms with Gasteiger partial charge in [-0.2, -0.15) is 4.98 Å². The largest absolute Gasteiger partial charge is 0.497 e. The van der Waals surface area contributed by atoms with E-state index in [1.54, 1.807) is 28.1 Å². The van der Waals surface area contributed by atoms with Crippen LogP contribution in [0, 0.1) is 12.3 Å². The Labute approximate surface area is 347 Å². The molecule has 2 bridgehead atoms. The van der Waals surface area contributed by atoms with Crippen LogP contribution in [-0.2, 0) is 33.9 Å². The lowest BCUT2D eigenvalue weighted by Crippen LogP contribution is -2.49. The fraction of sp³-hybridized carbons (Fsp3) is 0.444. The molecular weight excluding hydrogens is 771 g/mol. The van der Waals surface area contributed by atoms with Crippen molar-refractivity contribution in [3.8, 4) is 23.8 Å².